The molecular formula is C41H28O4. The van der Waals surface area contributed by atoms with Crippen LogP contribution in [0.3, 0.4) is 0 Å². The highest BCUT2D eigenvalue weighted by Crippen LogP contribution is 2.36. The van der Waals surface area contributed by atoms with Crippen LogP contribution in [0.2, 0.25) is 0 Å². The van der Waals surface area contributed by atoms with E-state index >= 15 is 0 Å². The number of hydrogen-bond acceptors (Lipinski definition) is 2. The molecule has 0 aliphatic rings. The molecule has 0 aliphatic heterocycles. The molecule has 0 aliphatic carbocycles. The van der Waals surface area contributed by atoms with E-state index in [1.54, 1.807) is 36.4 Å². The van der Waals surface area contributed by atoms with Gasteiger partial charge in [-0.05, 0) is 69.1 Å². The highest BCUT2D eigenvalue weighted by atomic mass is 16.4. The van der Waals surface area contributed by atoms with Gasteiger partial charge in [0.15, 0.2) is 0 Å². The van der Waals surface area contributed by atoms with E-state index in [1.807, 2.05) is 98.8 Å². The van der Waals surface area contributed by atoms with Crippen molar-refractivity contribution in [1.82, 2.24) is 0 Å². The monoisotopic (exact) mass is 584 g/mol. The topological polar surface area (TPSA) is 74.6 Å². The molecule has 0 heterocycles. The molecule has 0 radical (unpaired) electrons. The molecule has 0 amide bonds. The zero-order valence-electron chi connectivity index (χ0n) is 24.8. The Kier molecular flexibility index (Phi) is 7.66. The number of carboxylic acid groups (broad SMARTS) is 2. The summed E-state index contributed by atoms with van der Waals surface area (Å²) in [7, 11) is 0. The van der Waals surface area contributed by atoms with Crippen molar-refractivity contribution in [3.05, 3.63) is 166 Å². The van der Waals surface area contributed by atoms with Gasteiger partial charge in [-0.25, -0.2) is 9.59 Å². The molecule has 0 saturated carbocycles. The van der Waals surface area contributed by atoms with Gasteiger partial charge in [0.05, 0.1) is 11.1 Å². The predicted molar refractivity (Wildman–Crippen MR) is 179 cm³/mol. The SMILES string of the molecule is CC(C)(c1ccc(C(=O)O)cc1C#Cc1cccc2ccccc12)c1ccc(C(=O)O)cc1C#Cc1cccc2ccccc12. The number of hydrogen-bond donors (Lipinski definition) is 2. The van der Waals surface area contributed by atoms with Gasteiger partial charge in [0, 0.05) is 27.7 Å². The summed E-state index contributed by atoms with van der Waals surface area (Å²) < 4.78 is 0. The highest BCUT2D eigenvalue weighted by Gasteiger charge is 2.29. The summed E-state index contributed by atoms with van der Waals surface area (Å²) in [4.78, 5) is 24.0. The fourth-order valence-electron chi connectivity index (χ4n) is 5.73. The fraction of sp³-hybridized carbons (Fsp3) is 0.0732. The Bertz CT molecular complexity index is 2100. The summed E-state index contributed by atoms with van der Waals surface area (Å²) in [5, 5.41) is 23.8. The molecule has 4 heteroatoms. The maximum atomic E-state index is 12.0. The summed E-state index contributed by atoms with van der Waals surface area (Å²) in [5.41, 5.74) is 3.97. The third-order valence-electron chi connectivity index (χ3n) is 8.12. The van der Waals surface area contributed by atoms with Crippen LogP contribution in [0, 0.1) is 23.7 Å². The highest BCUT2D eigenvalue weighted by molar-refractivity contribution is 5.91. The van der Waals surface area contributed by atoms with Crippen molar-refractivity contribution in [2.24, 2.45) is 0 Å². The Balaban J connectivity index is 1.52. The van der Waals surface area contributed by atoms with E-state index in [0.717, 1.165) is 43.8 Å². The second kappa shape index (κ2) is 11.9. The van der Waals surface area contributed by atoms with E-state index in [-0.39, 0.29) is 11.1 Å². The van der Waals surface area contributed by atoms with Gasteiger partial charge in [0.1, 0.15) is 0 Å². The van der Waals surface area contributed by atoms with E-state index < -0.39 is 17.4 Å². The minimum atomic E-state index is -1.04. The summed E-state index contributed by atoms with van der Waals surface area (Å²) in [6.45, 7) is 4.04. The first-order chi connectivity index (χ1) is 21.7. The summed E-state index contributed by atoms with van der Waals surface area (Å²) in [6.07, 6.45) is 0. The normalized spacial score (nSPS) is 10.9. The molecule has 0 fully saturated rings. The smallest absolute Gasteiger partial charge is 0.335 e. The van der Waals surface area contributed by atoms with Gasteiger partial charge in [-0.1, -0.05) is 122 Å². The zero-order chi connectivity index (χ0) is 31.6. The molecule has 6 aromatic carbocycles. The molecule has 0 unspecified atom stereocenters. The van der Waals surface area contributed by atoms with Crippen LogP contribution in [0.15, 0.2) is 121 Å². The van der Waals surface area contributed by atoms with Crippen molar-refractivity contribution in [3.63, 3.8) is 0 Å². The number of benzene rings is 6. The molecule has 6 aromatic rings. The van der Waals surface area contributed by atoms with Gasteiger partial charge < -0.3 is 10.2 Å². The Labute approximate surface area is 261 Å². The number of aromatic carboxylic acids is 2. The van der Waals surface area contributed by atoms with Crippen LogP contribution >= 0.6 is 0 Å². The quantitative estimate of drug-likeness (QED) is 0.204. The number of carboxylic acids is 2. The molecule has 2 N–H and O–H groups in total. The average molecular weight is 585 g/mol. The Morgan fingerprint density at radius 1 is 0.489 bits per heavy atom. The zero-order valence-corrected chi connectivity index (χ0v) is 24.8. The van der Waals surface area contributed by atoms with Crippen molar-refractivity contribution in [2.45, 2.75) is 19.3 Å². The van der Waals surface area contributed by atoms with Gasteiger partial charge in [-0.3, -0.25) is 0 Å². The summed E-state index contributed by atoms with van der Waals surface area (Å²) >= 11 is 0. The van der Waals surface area contributed by atoms with E-state index in [2.05, 4.69) is 23.7 Å². The third-order valence-corrected chi connectivity index (χ3v) is 8.12. The van der Waals surface area contributed by atoms with Gasteiger partial charge in [-0.2, -0.15) is 0 Å². The first-order valence-corrected chi connectivity index (χ1v) is 14.5. The van der Waals surface area contributed by atoms with Crippen LogP contribution in [-0.2, 0) is 5.41 Å². The lowest BCUT2D eigenvalue weighted by atomic mass is 9.73. The van der Waals surface area contributed by atoms with Crippen LogP contribution < -0.4 is 0 Å². The molecular weight excluding hydrogens is 556 g/mol. The molecule has 0 spiro atoms. The van der Waals surface area contributed by atoms with Crippen LogP contribution in [0.5, 0.6) is 0 Å². The standard InChI is InChI=1S/C41H28O4/c1-41(2,37-23-21-33(39(42)43)25-31(37)19-17-29-13-7-11-27-9-3-5-15-35(27)29)38-24-22-34(40(44)45)26-32(38)20-18-30-14-8-12-28-10-4-6-16-36(28)30/h3-16,21-26H,1-2H3,(H,42,43)(H,44,45). The van der Waals surface area contributed by atoms with Crippen molar-refractivity contribution in [3.8, 4) is 23.7 Å². The van der Waals surface area contributed by atoms with Crippen molar-refractivity contribution in [1.29, 1.82) is 0 Å². The Morgan fingerprint density at radius 3 is 1.29 bits per heavy atom. The number of carbonyl (C=O) groups is 2. The van der Waals surface area contributed by atoms with Crippen molar-refractivity contribution in [2.75, 3.05) is 0 Å². The van der Waals surface area contributed by atoms with Crippen LogP contribution in [0.1, 0.15) is 67.9 Å². The van der Waals surface area contributed by atoms with E-state index in [0.29, 0.717) is 11.1 Å². The average Bonchev–Trinajstić information content (AvgIpc) is 3.05. The van der Waals surface area contributed by atoms with Gasteiger partial charge in [-0.15, -0.1) is 0 Å². The minimum Gasteiger partial charge on any atom is -0.478 e. The molecule has 0 bridgehead atoms. The number of rotatable bonds is 4. The second-order valence-electron chi connectivity index (χ2n) is 11.3. The number of fused-ring (bicyclic) bond motifs is 2. The molecule has 0 aromatic heterocycles. The Morgan fingerprint density at radius 2 is 0.867 bits per heavy atom. The van der Waals surface area contributed by atoms with Crippen molar-refractivity contribution >= 4 is 33.5 Å². The first-order valence-electron chi connectivity index (χ1n) is 14.5. The molecule has 216 valence electrons. The van der Waals surface area contributed by atoms with Gasteiger partial charge in [0.25, 0.3) is 0 Å². The minimum absolute atomic E-state index is 0.133. The molecule has 6 rings (SSSR count). The molecule has 0 saturated heterocycles. The second-order valence-corrected chi connectivity index (χ2v) is 11.3. The lowest BCUT2D eigenvalue weighted by molar-refractivity contribution is 0.0686. The van der Waals surface area contributed by atoms with Crippen LogP contribution in [0.25, 0.3) is 21.5 Å². The predicted octanol–water partition coefficient (Wildman–Crippen LogP) is 8.51. The van der Waals surface area contributed by atoms with E-state index in [4.69, 9.17) is 0 Å². The fourth-order valence-corrected chi connectivity index (χ4v) is 5.73. The lowest BCUT2D eigenvalue weighted by Crippen LogP contribution is -2.22. The molecule has 4 nitrogen and oxygen atoms in total. The van der Waals surface area contributed by atoms with Gasteiger partial charge in [0.2, 0.25) is 0 Å². The third kappa shape index (κ3) is 5.78. The lowest BCUT2D eigenvalue weighted by Gasteiger charge is -2.29. The largest absolute Gasteiger partial charge is 0.478 e. The van der Waals surface area contributed by atoms with Gasteiger partial charge >= 0.3 is 11.9 Å². The van der Waals surface area contributed by atoms with E-state index in [1.165, 1.54) is 0 Å². The molecule has 0 atom stereocenters. The summed E-state index contributed by atoms with van der Waals surface area (Å²) in [6, 6.07) is 37.8. The summed E-state index contributed by atoms with van der Waals surface area (Å²) in [5.74, 6) is 11.0. The maximum Gasteiger partial charge on any atom is 0.335 e. The van der Waals surface area contributed by atoms with Crippen molar-refractivity contribution < 1.29 is 19.8 Å². The molecule has 45 heavy (non-hydrogen) atoms. The van der Waals surface area contributed by atoms with Crippen LogP contribution in [-0.4, -0.2) is 22.2 Å². The Hall–Kier alpha value is -6.10. The first kappa shape index (κ1) is 29.0. The van der Waals surface area contributed by atoms with E-state index in [9.17, 15) is 19.8 Å². The maximum absolute atomic E-state index is 12.0. The van der Waals surface area contributed by atoms with Crippen LogP contribution in [0.4, 0.5) is 0 Å².